The summed E-state index contributed by atoms with van der Waals surface area (Å²) in [6.07, 6.45) is 5.13. The summed E-state index contributed by atoms with van der Waals surface area (Å²) in [4.78, 5) is 24.7. The lowest BCUT2D eigenvalue weighted by molar-refractivity contribution is -0.143. The van der Waals surface area contributed by atoms with E-state index in [1.807, 2.05) is 31.2 Å². The molecule has 0 atom stereocenters. The van der Waals surface area contributed by atoms with Crippen molar-refractivity contribution in [3.8, 4) is 12.3 Å². The number of aryl methyl sites for hydroxylation is 1. The topological polar surface area (TPSA) is 57.6 Å². The Morgan fingerprint density at radius 3 is 2.68 bits per heavy atom. The van der Waals surface area contributed by atoms with Crippen LogP contribution in [0.2, 0.25) is 0 Å². The fourth-order valence-corrected chi connectivity index (χ4v) is 2.39. The molecule has 0 saturated heterocycles. The summed E-state index contributed by atoms with van der Waals surface area (Å²) in [7, 11) is 0. The predicted octanol–water partition coefficient (Wildman–Crippen LogP) is 1.63. The van der Waals surface area contributed by atoms with Gasteiger partial charge < -0.3 is 10.0 Å². The van der Waals surface area contributed by atoms with Crippen molar-refractivity contribution < 1.29 is 14.7 Å². The second-order valence-electron chi connectivity index (χ2n) is 3.90. The van der Waals surface area contributed by atoms with Gasteiger partial charge in [-0.3, -0.25) is 9.59 Å². The van der Waals surface area contributed by atoms with Crippen molar-refractivity contribution in [3.05, 3.63) is 29.8 Å². The van der Waals surface area contributed by atoms with Crippen molar-refractivity contribution >= 4 is 23.6 Å². The molecule has 0 radical (unpaired) electrons. The molecule has 0 unspecified atom stereocenters. The van der Waals surface area contributed by atoms with E-state index in [9.17, 15) is 9.59 Å². The summed E-state index contributed by atoms with van der Waals surface area (Å²) < 4.78 is 0. The van der Waals surface area contributed by atoms with Gasteiger partial charge in [0, 0.05) is 4.90 Å². The van der Waals surface area contributed by atoms with E-state index in [2.05, 4.69) is 5.92 Å². The van der Waals surface area contributed by atoms with Crippen LogP contribution in [0.4, 0.5) is 0 Å². The largest absolute Gasteiger partial charge is 0.480 e. The van der Waals surface area contributed by atoms with Crippen LogP contribution in [0.1, 0.15) is 5.56 Å². The normalized spacial score (nSPS) is 9.68. The van der Waals surface area contributed by atoms with Gasteiger partial charge in [0.1, 0.15) is 6.54 Å². The third kappa shape index (κ3) is 5.06. The first-order chi connectivity index (χ1) is 9.04. The Morgan fingerprint density at radius 2 is 2.11 bits per heavy atom. The highest BCUT2D eigenvalue weighted by Gasteiger charge is 2.16. The van der Waals surface area contributed by atoms with Gasteiger partial charge in [0.05, 0.1) is 12.3 Å². The first-order valence-corrected chi connectivity index (χ1v) is 6.64. The van der Waals surface area contributed by atoms with Gasteiger partial charge in [0.15, 0.2) is 0 Å². The number of nitrogens with zero attached hydrogens (tertiary/aromatic N) is 1. The van der Waals surface area contributed by atoms with Gasteiger partial charge in [-0.2, -0.15) is 0 Å². The predicted molar refractivity (Wildman–Crippen MR) is 75.0 cm³/mol. The first-order valence-electron chi connectivity index (χ1n) is 5.66. The maximum absolute atomic E-state index is 11.9. The SMILES string of the molecule is C#CCN(CC(=O)O)C(=O)CSc1ccccc1C. The van der Waals surface area contributed by atoms with E-state index in [-0.39, 0.29) is 24.7 Å². The summed E-state index contributed by atoms with van der Waals surface area (Å²) in [6.45, 7) is 1.61. The lowest BCUT2D eigenvalue weighted by Gasteiger charge is -2.17. The van der Waals surface area contributed by atoms with E-state index in [1.165, 1.54) is 11.8 Å². The minimum atomic E-state index is -1.07. The highest BCUT2D eigenvalue weighted by atomic mass is 32.2. The molecule has 1 aromatic carbocycles. The molecule has 0 spiro atoms. The van der Waals surface area contributed by atoms with Crippen LogP contribution in [-0.2, 0) is 9.59 Å². The zero-order valence-electron chi connectivity index (χ0n) is 10.6. The fraction of sp³-hybridized carbons (Fsp3) is 0.286. The number of thioether (sulfide) groups is 1. The van der Waals surface area contributed by atoms with Gasteiger partial charge in [-0.05, 0) is 18.6 Å². The van der Waals surface area contributed by atoms with Crippen LogP contribution in [0, 0.1) is 19.3 Å². The Bertz CT molecular complexity index is 508. The maximum Gasteiger partial charge on any atom is 0.323 e. The van der Waals surface area contributed by atoms with E-state index < -0.39 is 5.97 Å². The number of carbonyl (C=O) groups is 2. The number of amides is 1. The number of aliphatic carboxylic acids is 1. The highest BCUT2D eigenvalue weighted by molar-refractivity contribution is 8.00. The van der Waals surface area contributed by atoms with Crippen molar-refractivity contribution in [2.75, 3.05) is 18.8 Å². The molecule has 0 aliphatic rings. The van der Waals surface area contributed by atoms with Gasteiger partial charge in [-0.1, -0.05) is 24.1 Å². The molecule has 0 bridgehead atoms. The van der Waals surface area contributed by atoms with E-state index in [1.54, 1.807) is 0 Å². The van der Waals surface area contributed by atoms with Crippen molar-refractivity contribution in [1.82, 2.24) is 4.90 Å². The van der Waals surface area contributed by atoms with Crippen LogP contribution in [-0.4, -0.2) is 40.7 Å². The molecule has 19 heavy (non-hydrogen) atoms. The minimum Gasteiger partial charge on any atom is -0.480 e. The Hall–Kier alpha value is -1.93. The molecule has 0 aromatic heterocycles. The zero-order valence-corrected chi connectivity index (χ0v) is 11.4. The second-order valence-corrected chi connectivity index (χ2v) is 4.92. The van der Waals surface area contributed by atoms with Gasteiger partial charge in [0.25, 0.3) is 0 Å². The van der Waals surface area contributed by atoms with Gasteiger partial charge in [-0.15, -0.1) is 18.2 Å². The van der Waals surface area contributed by atoms with E-state index >= 15 is 0 Å². The Kier molecular flexibility index (Phi) is 5.97. The smallest absolute Gasteiger partial charge is 0.323 e. The molecular formula is C14H15NO3S. The summed E-state index contributed by atoms with van der Waals surface area (Å²) in [5.41, 5.74) is 1.09. The Labute approximate surface area is 116 Å². The molecular weight excluding hydrogens is 262 g/mol. The quantitative estimate of drug-likeness (QED) is 0.634. The summed E-state index contributed by atoms with van der Waals surface area (Å²) >= 11 is 1.38. The molecule has 0 fully saturated rings. The number of terminal acetylenes is 1. The lowest BCUT2D eigenvalue weighted by atomic mass is 10.2. The Balaban J connectivity index is 2.60. The van der Waals surface area contributed by atoms with Crippen LogP contribution < -0.4 is 0 Å². The molecule has 0 saturated carbocycles. The average molecular weight is 277 g/mol. The standard InChI is InChI=1S/C14H15NO3S/c1-3-8-15(9-14(17)18)13(16)10-19-12-7-5-4-6-11(12)2/h1,4-7H,8-10H2,2H3,(H,17,18). The van der Waals surface area contributed by atoms with Crippen LogP contribution in [0.15, 0.2) is 29.2 Å². The number of benzene rings is 1. The molecule has 1 aromatic rings. The zero-order chi connectivity index (χ0) is 14.3. The number of carboxylic acid groups (broad SMARTS) is 1. The third-order valence-corrected chi connectivity index (χ3v) is 3.57. The van der Waals surface area contributed by atoms with Crippen molar-refractivity contribution in [3.63, 3.8) is 0 Å². The number of rotatable bonds is 6. The lowest BCUT2D eigenvalue weighted by Crippen LogP contribution is -2.37. The average Bonchev–Trinajstić information content (AvgIpc) is 2.36. The molecule has 0 heterocycles. The molecule has 0 aliphatic heterocycles. The molecule has 4 nitrogen and oxygen atoms in total. The maximum atomic E-state index is 11.9. The summed E-state index contributed by atoms with van der Waals surface area (Å²) in [5, 5.41) is 8.72. The molecule has 0 aliphatic carbocycles. The molecule has 1 rings (SSSR count). The molecule has 5 heteroatoms. The number of carboxylic acids is 1. The minimum absolute atomic E-state index is 0.0134. The van der Waals surface area contributed by atoms with E-state index in [4.69, 9.17) is 11.5 Å². The number of carbonyl (C=O) groups excluding carboxylic acids is 1. The Morgan fingerprint density at radius 1 is 1.42 bits per heavy atom. The first kappa shape index (κ1) is 15.1. The summed E-state index contributed by atoms with van der Waals surface area (Å²) in [5.74, 6) is 1.14. The highest BCUT2D eigenvalue weighted by Crippen LogP contribution is 2.21. The molecule has 1 N–H and O–H groups in total. The molecule has 100 valence electrons. The monoisotopic (exact) mass is 277 g/mol. The molecule has 1 amide bonds. The summed E-state index contributed by atoms with van der Waals surface area (Å²) in [6, 6.07) is 7.71. The van der Waals surface area contributed by atoms with Crippen LogP contribution in [0.3, 0.4) is 0 Å². The van der Waals surface area contributed by atoms with Gasteiger partial charge in [-0.25, -0.2) is 0 Å². The van der Waals surface area contributed by atoms with Crippen molar-refractivity contribution in [1.29, 1.82) is 0 Å². The van der Waals surface area contributed by atoms with Gasteiger partial charge in [0.2, 0.25) is 5.91 Å². The van der Waals surface area contributed by atoms with Crippen molar-refractivity contribution in [2.24, 2.45) is 0 Å². The number of hydrogen-bond acceptors (Lipinski definition) is 3. The van der Waals surface area contributed by atoms with Crippen LogP contribution in [0.5, 0.6) is 0 Å². The fourth-order valence-electron chi connectivity index (χ4n) is 1.45. The van der Waals surface area contributed by atoms with E-state index in [0.29, 0.717) is 0 Å². The van der Waals surface area contributed by atoms with Crippen LogP contribution >= 0.6 is 11.8 Å². The second kappa shape index (κ2) is 7.49. The van der Waals surface area contributed by atoms with Crippen molar-refractivity contribution in [2.45, 2.75) is 11.8 Å². The number of hydrogen-bond donors (Lipinski definition) is 1. The third-order valence-electron chi connectivity index (χ3n) is 2.41. The van der Waals surface area contributed by atoms with Crippen LogP contribution in [0.25, 0.3) is 0 Å². The van der Waals surface area contributed by atoms with E-state index in [0.717, 1.165) is 15.4 Å². The van der Waals surface area contributed by atoms with Gasteiger partial charge >= 0.3 is 5.97 Å².